The average molecular weight is 309 g/mol. The first-order chi connectivity index (χ1) is 9.78. The summed E-state index contributed by atoms with van der Waals surface area (Å²) >= 11 is 5.20. The van der Waals surface area contributed by atoms with E-state index >= 15 is 0 Å². The molecular weight excluding hydrogens is 286 g/mol. The number of benzene rings is 1. The van der Waals surface area contributed by atoms with E-state index in [1.807, 2.05) is 52.0 Å². The number of anilines is 1. The lowest BCUT2D eigenvalue weighted by molar-refractivity contribution is 0.0529. The minimum atomic E-state index is -0.487. The predicted octanol–water partition coefficient (Wildman–Crippen LogP) is 2.81. The summed E-state index contributed by atoms with van der Waals surface area (Å²) in [5.41, 5.74) is 1.60. The normalized spacial score (nSPS) is 10.7. The van der Waals surface area contributed by atoms with Crippen LogP contribution < -0.4 is 16.0 Å². The van der Waals surface area contributed by atoms with E-state index in [1.165, 1.54) is 0 Å². The summed E-state index contributed by atoms with van der Waals surface area (Å²) in [6.45, 7) is 8.45. The Kier molecular flexibility index (Phi) is 6.42. The second kappa shape index (κ2) is 7.83. The Morgan fingerprint density at radius 2 is 1.81 bits per heavy atom. The van der Waals surface area contributed by atoms with Crippen LogP contribution in [0.5, 0.6) is 0 Å². The molecule has 0 aliphatic heterocycles. The third-order valence-electron chi connectivity index (χ3n) is 2.47. The van der Waals surface area contributed by atoms with Gasteiger partial charge in [0.2, 0.25) is 0 Å². The lowest BCUT2D eigenvalue weighted by Crippen LogP contribution is -2.39. The van der Waals surface area contributed by atoms with Crippen molar-refractivity contribution in [3.05, 3.63) is 29.8 Å². The number of ether oxygens (including phenoxy) is 1. The van der Waals surface area contributed by atoms with Crippen LogP contribution in [0.25, 0.3) is 0 Å². The molecular formula is C15H23N3O2S. The van der Waals surface area contributed by atoms with Crippen molar-refractivity contribution >= 4 is 29.1 Å². The summed E-state index contributed by atoms with van der Waals surface area (Å²) < 4.78 is 5.13. The van der Waals surface area contributed by atoms with Gasteiger partial charge in [-0.1, -0.05) is 18.2 Å². The lowest BCUT2D eigenvalue weighted by Gasteiger charge is -2.19. The molecule has 21 heavy (non-hydrogen) atoms. The Bertz CT molecular complexity index is 498. The zero-order valence-electron chi connectivity index (χ0n) is 12.9. The molecule has 6 heteroatoms. The first-order valence-corrected chi connectivity index (χ1v) is 7.26. The maximum absolute atomic E-state index is 11.4. The van der Waals surface area contributed by atoms with E-state index in [0.717, 1.165) is 11.3 Å². The van der Waals surface area contributed by atoms with Gasteiger partial charge in [-0.05, 0) is 51.5 Å². The molecule has 0 radical (unpaired) electrons. The fourth-order valence-corrected chi connectivity index (χ4v) is 1.75. The molecule has 0 atom stereocenters. The van der Waals surface area contributed by atoms with Crippen LogP contribution in [0, 0.1) is 6.92 Å². The largest absolute Gasteiger partial charge is 0.444 e. The second-order valence-electron chi connectivity index (χ2n) is 5.62. The van der Waals surface area contributed by atoms with Gasteiger partial charge in [-0.15, -0.1) is 0 Å². The van der Waals surface area contributed by atoms with Crippen LogP contribution in [0.2, 0.25) is 0 Å². The summed E-state index contributed by atoms with van der Waals surface area (Å²) in [6.07, 6.45) is -0.429. The molecule has 1 aromatic rings. The molecule has 0 heterocycles. The highest BCUT2D eigenvalue weighted by atomic mass is 32.1. The molecule has 0 saturated heterocycles. The first-order valence-electron chi connectivity index (χ1n) is 6.85. The van der Waals surface area contributed by atoms with E-state index in [1.54, 1.807) is 0 Å². The summed E-state index contributed by atoms with van der Waals surface area (Å²) in [6, 6.07) is 7.89. The minimum Gasteiger partial charge on any atom is -0.444 e. The molecule has 0 aromatic heterocycles. The fourth-order valence-electron chi connectivity index (χ4n) is 1.53. The number of carbonyl (C=O) groups is 1. The number of alkyl carbamates (subject to hydrolysis) is 1. The number of carbonyl (C=O) groups excluding carboxylic acids is 1. The van der Waals surface area contributed by atoms with Gasteiger partial charge in [-0.2, -0.15) is 0 Å². The number of hydrogen-bond acceptors (Lipinski definition) is 3. The molecule has 0 saturated carbocycles. The first kappa shape index (κ1) is 17.2. The SMILES string of the molecule is Cc1ccccc1NC(=S)NCCNC(=O)OC(C)(C)C. The number of aryl methyl sites for hydroxylation is 1. The van der Waals surface area contributed by atoms with E-state index in [-0.39, 0.29) is 0 Å². The molecule has 1 rings (SSSR count). The second-order valence-corrected chi connectivity index (χ2v) is 6.03. The van der Waals surface area contributed by atoms with Gasteiger partial charge in [0, 0.05) is 18.8 Å². The summed E-state index contributed by atoms with van der Waals surface area (Å²) in [7, 11) is 0. The Balaban J connectivity index is 2.23. The van der Waals surface area contributed by atoms with Crippen molar-refractivity contribution in [2.24, 2.45) is 0 Å². The monoisotopic (exact) mass is 309 g/mol. The zero-order valence-corrected chi connectivity index (χ0v) is 13.8. The molecule has 0 aliphatic carbocycles. The van der Waals surface area contributed by atoms with Gasteiger partial charge in [0.15, 0.2) is 5.11 Å². The Morgan fingerprint density at radius 1 is 1.19 bits per heavy atom. The van der Waals surface area contributed by atoms with E-state index in [0.29, 0.717) is 18.2 Å². The molecule has 116 valence electrons. The van der Waals surface area contributed by atoms with E-state index < -0.39 is 11.7 Å². The maximum atomic E-state index is 11.4. The van der Waals surface area contributed by atoms with Gasteiger partial charge < -0.3 is 20.7 Å². The summed E-state index contributed by atoms with van der Waals surface area (Å²) in [5.74, 6) is 0. The van der Waals surface area contributed by atoms with E-state index in [9.17, 15) is 4.79 Å². The topological polar surface area (TPSA) is 62.4 Å². The van der Waals surface area contributed by atoms with E-state index in [2.05, 4.69) is 16.0 Å². The van der Waals surface area contributed by atoms with Crippen LogP contribution in [0.3, 0.4) is 0 Å². The quantitative estimate of drug-likeness (QED) is 0.590. The van der Waals surface area contributed by atoms with Gasteiger partial charge in [0.25, 0.3) is 0 Å². The van der Waals surface area contributed by atoms with Gasteiger partial charge in [-0.3, -0.25) is 0 Å². The van der Waals surface area contributed by atoms with Gasteiger partial charge >= 0.3 is 6.09 Å². The van der Waals surface area contributed by atoms with Crippen molar-refractivity contribution in [2.75, 3.05) is 18.4 Å². The standard InChI is InChI=1S/C15H23N3O2S/c1-11-7-5-6-8-12(11)18-13(21)16-9-10-17-14(19)20-15(2,3)4/h5-8H,9-10H2,1-4H3,(H,17,19)(H2,16,18,21). The molecule has 0 spiro atoms. The van der Waals surface area contributed by atoms with Crippen molar-refractivity contribution in [2.45, 2.75) is 33.3 Å². The maximum Gasteiger partial charge on any atom is 0.407 e. The third kappa shape index (κ3) is 7.51. The molecule has 0 unspecified atom stereocenters. The van der Waals surface area contributed by atoms with Crippen molar-refractivity contribution in [3.8, 4) is 0 Å². The van der Waals surface area contributed by atoms with Crippen LogP contribution in [-0.4, -0.2) is 29.9 Å². The molecule has 0 aliphatic rings. The molecule has 1 aromatic carbocycles. The molecule has 3 N–H and O–H groups in total. The van der Waals surface area contributed by atoms with Crippen LogP contribution >= 0.6 is 12.2 Å². The smallest absolute Gasteiger partial charge is 0.407 e. The Labute approximate surface area is 131 Å². The Hall–Kier alpha value is -1.82. The molecule has 5 nitrogen and oxygen atoms in total. The predicted molar refractivity (Wildman–Crippen MR) is 89.6 cm³/mol. The minimum absolute atomic E-state index is 0.429. The van der Waals surface area contributed by atoms with Crippen molar-refractivity contribution in [3.63, 3.8) is 0 Å². The van der Waals surface area contributed by atoms with Gasteiger partial charge in [0.05, 0.1) is 0 Å². The highest BCUT2D eigenvalue weighted by Gasteiger charge is 2.15. The summed E-state index contributed by atoms with van der Waals surface area (Å²) in [4.78, 5) is 11.4. The number of hydrogen-bond donors (Lipinski definition) is 3. The van der Waals surface area contributed by atoms with Crippen molar-refractivity contribution in [1.29, 1.82) is 0 Å². The highest BCUT2D eigenvalue weighted by Crippen LogP contribution is 2.12. The molecule has 0 fully saturated rings. The Morgan fingerprint density at radius 3 is 2.43 bits per heavy atom. The van der Waals surface area contributed by atoms with Crippen LogP contribution in [0.1, 0.15) is 26.3 Å². The number of amides is 1. The number of para-hydroxylation sites is 1. The number of nitrogens with one attached hydrogen (secondary N) is 3. The van der Waals surface area contributed by atoms with Crippen molar-refractivity contribution < 1.29 is 9.53 Å². The van der Waals surface area contributed by atoms with Crippen LogP contribution in [0.4, 0.5) is 10.5 Å². The van der Waals surface area contributed by atoms with Crippen LogP contribution in [-0.2, 0) is 4.74 Å². The highest BCUT2D eigenvalue weighted by molar-refractivity contribution is 7.80. The third-order valence-corrected chi connectivity index (χ3v) is 2.72. The zero-order chi connectivity index (χ0) is 15.9. The van der Waals surface area contributed by atoms with Crippen LogP contribution in [0.15, 0.2) is 24.3 Å². The van der Waals surface area contributed by atoms with E-state index in [4.69, 9.17) is 17.0 Å². The average Bonchev–Trinajstić information content (AvgIpc) is 2.35. The molecule has 0 bridgehead atoms. The van der Waals surface area contributed by atoms with Gasteiger partial charge in [0.1, 0.15) is 5.60 Å². The molecule has 1 amide bonds. The fraction of sp³-hybridized carbons (Fsp3) is 0.467. The number of rotatable bonds is 4. The van der Waals surface area contributed by atoms with Crippen molar-refractivity contribution in [1.82, 2.24) is 10.6 Å². The van der Waals surface area contributed by atoms with Gasteiger partial charge in [-0.25, -0.2) is 4.79 Å². The lowest BCUT2D eigenvalue weighted by atomic mass is 10.2. The summed E-state index contributed by atoms with van der Waals surface area (Å²) in [5, 5.41) is 9.32. The number of thiocarbonyl (C=S) groups is 1.